The number of aliphatic imine (C=N–C) groups is 1. The molecule has 0 radical (unpaired) electrons. The molecule has 1 aromatic heterocycles. The average molecular weight is 265 g/mol. The van der Waals surface area contributed by atoms with Crippen LogP contribution in [0.3, 0.4) is 0 Å². The molecule has 2 rings (SSSR count). The summed E-state index contributed by atoms with van der Waals surface area (Å²) in [5, 5.41) is 11.0. The van der Waals surface area contributed by atoms with E-state index in [1.807, 2.05) is 6.20 Å². The summed E-state index contributed by atoms with van der Waals surface area (Å²) >= 11 is 0. The molecule has 1 aromatic rings. The first-order chi connectivity index (χ1) is 9.38. The van der Waals surface area contributed by atoms with E-state index in [4.69, 9.17) is 5.84 Å². The molecule has 19 heavy (non-hydrogen) atoms. The number of guanidine groups is 1. The van der Waals surface area contributed by atoms with E-state index in [9.17, 15) is 0 Å². The molecule has 1 aliphatic carbocycles. The normalized spacial score (nSPS) is 17.4. The van der Waals surface area contributed by atoms with E-state index < -0.39 is 0 Å². The van der Waals surface area contributed by atoms with Crippen molar-refractivity contribution in [3.05, 3.63) is 12.4 Å². The second kappa shape index (κ2) is 7.73. The van der Waals surface area contributed by atoms with Gasteiger partial charge in [-0.2, -0.15) is 0 Å². The number of nitrogens with one attached hydrogen (secondary N) is 2. The fraction of sp³-hybridized carbons (Fsp3) is 0.750. The van der Waals surface area contributed by atoms with E-state index in [1.165, 1.54) is 32.1 Å². The zero-order valence-corrected chi connectivity index (χ0v) is 11.3. The second-order valence-electron chi connectivity index (χ2n) is 4.87. The van der Waals surface area contributed by atoms with E-state index in [2.05, 4.69) is 26.0 Å². The third-order valence-electron chi connectivity index (χ3n) is 3.37. The summed E-state index contributed by atoms with van der Waals surface area (Å²) in [4.78, 5) is 4.44. The molecule has 0 aliphatic heterocycles. The van der Waals surface area contributed by atoms with E-state index in [0.29, 0.717) is 12.0 Å². The van der Waals surface area contributed by atoms with Crippen LogP contribution in [0.2, 0.25) is 0 Å². The zero-order chi connectivity index (χ0) is 13.3. The van der Waals surface area contributed by atoms with E-state index in [0.717, 1.165) is 19.5 Å². The van der Waals surface area contributed by atoms with Crippen LogP contribution in [0.4, 0.5) is 0 Å². The monoisotopic (exact) mass is 265 g/mol. The maximum atomic E-state index is 5.50. The van der Waals surface area contributed by atoms with Gasteiger partial charge < -0.3 is 5.32 Å². The highest BCUT2D eigenvalue weighted by Crippen LogP contribution is 2.17. The van der Waals surface area contributed by atoms with Crippen molar-refractivity contribution in [2.24, 2.45) is 10.8 Å². The molecule has 1 saturated carbocycles. The largest absolute Gasteiger partial charge is 0.353 e. The number of aromatic nitrogens is 3. The SMILES string of the molecule is NNC(=NCCCn1ccnn1)NC1CCCCC1. The highest BCUT2D eigenvalue weighted by Gasteiger charge is 2.13. The molecule has 0 aromatic carbocycles. The Morgan fingerprint density at radius 3 is 2.89 bits per heavy atom. The van der Waals surface area contributed by atoms with Crippen LogP contribution in [0.1, 0.15) is 38.5 Å². The maximum Gasteiger partial charge on any atom is 0.205 e. The number of aryl methyl sites for hydroxylation is 1. The topological polar surface area (TPSA) is 93.1 Å². The third kappa shape index (κ3) is 4.86. The van der Waals surface area contributed by atoms with Gasteiger partial charge in [0, 0.05) is 25.3 Å². The van der Waals surface area contributed by atoms with Gasteiger partial charge in [0.25, 0.3) is 0 Å². The van der Waals surface area contributed by atoms with Crippen molar-refractivity contribution in [2.45, 2.75) is 51.1 Å². The van der Waals surface area contributed by atoms with Crippen molar-refractivity contribution in [3.63, 3.8) is 0 Å². The lowest BCUT2D eigenvalue weighted by atomic mass is 9.96. The van der Waals surface area contributed by atoms with Gasteiger partial charge >= 0.3 is 0 Å². The van der Waals surface area contributed by atoms with Gasteiger partial charge in [0.2, 0.25) is 5.96 Å². The second-order valence-corrected chi connectivity index (χ2v) is 4.87. The highest BCUT2D eigenvalue weighted by molar-refractivity contribution is 5.79. The molecular weight excluding hydrogens is 242 g/mol. The molecule has 0 unspecified atom stereocenters. The first-order valence-electron chi connectivity index (χ1n) is 7.00. The fourth-order valence-electron chi connectivity index (χ4n) is 2.35. The Hall–Kier alpha value is -1.63. The number of hydrazine groups is 1. The lowest BCUT2D eigenvalue weighted by Crippen LogP contribution is -2.47. The Morgan fingerprint density at radius 2 is 2.21 bits per heavy atom. The summed E-state index contributed by atoms with van der Waals surface area (Å²) in [6, 6.07) is 0.513. The molecule has 7 heteroatoms. The number of nitrogens with two attached hydrogens (primary N) is 1. The van der Waals surface area contributed by atoms with E-state index in [1.54, 1.807) is 10.9 Å². The van der Waals surface area contributed by atoms with Crippen LogP contribution in [-0.2, 0) is 6.54 Å². The van der Waals surface area contributed by atoms with Crippen LogP contribution in [0.15, 0.2) is 17.4 Å². The number of rotatable bonds is 5. The minimum Gasteiger partial charge on any atom is -0.353 e. The van der Waals surface area contributed by atoms with Gasteiger partial charge in [0.05, 0.1) is 6.20 Å². The molecule has 4 N–H and O–H groups in total. The molecular formula is C12H23N7. The lowest BCUT2D eigenvalue weighted by molar-refractivity contribution is 0.410. The number of hydrogen-bond acceptors (Lipinski definition) is 4. The molecule has 0 amide bonds. The third-order valence-corrected chi connectivity index (χ3v) is 3.37. The van der Waals surface area contributed by atoms with Gasteiger partial charge in [-0.1, -0.05) is 24.5 Å². The zero-order valence-electron chi connectivity index (χ0n) is 11.3. The minimum atomic E-state index is 0.513. The van der Waals surface area contributed by atoms with Crippen LogP contribution < -0.4 is 16.6 Å². The quantitative estimate of drug-likeness (QED) is 0.236. The standard InChI is InChI=1S/C12H23N7/c13-17-12(16-11-5-2-1-3-6-11)14-7-4-9-19-10-8-15-18-19/h8,10-11H,1-7,9,13H2,(H2,14,16,17). The summed E-state index contributed by atoms with van der Waals surface area (Å²) in [6.45, 7) is 1.55. The van der Waals surface area contributed by atoms with E-state index >= 15 is 0 Å². The summed E-state index contributed by atoms with van der Waals surface area (Å²) in [5.41, 5.74) is 2.65. The van der Waals surface area contributed by atoms with Crippen LogP contribution in [0, 0.1) is 0 Å². The fourth-order valence-corrected chi connectivity index (χ4v) is 2.35. The van der Waals surface area contributed by atoms with Crippen molar-refractivity contribution < 1.29 is 0 Å². The molecule has 1 aliphatic rings. The van der Waals surface area contributed by atoms with Gasteiger partial charge in [-0.3, -0.25) is 15.1 Å². The molecule has 7 nitrogen and oxygen atoms in total. The van der Waals surface area contributed by atoms with Crippen molar-refractivity contribution >= 4 is 5.96 Å². The van der Waals surface area contributed by atoms with Crippen LogP contribution in [0.5, 0.6) is 0 Å². The Labute approximate surface area is 113 Å². The van der Waals surface area contributed by atoms with Crippen LogP contribution >= 0.6 is 0 Å². The number of nitrogens with zero attached hydrogens (tertiary/aromatic N) is 4. The summed E-state index contributed by atoms with van der Waals surface area (Å²) in [5.74, 6) is 6.20. The average Bonchev–Trinajstić information content (AvgIpc) is 2.96. The molecule has 1 fully saturated rings. The summed E-state index contributed by atoms with van der Waals surface area (Å²) in [7, 11) is 0. The Morgan fingerprint density at radius 1 is 1.37 bits per heavy atom. The lowest BCUT2D eigenvalue weighted by Gasteiger charge is -2.24. The van der Waals surface area contributed by atoms with Crippen LogP contribution in [0.25, 0.3) is 0 Å². The van der Waals surface area contributed by atoms with Gasteiger partial charge in [0.1, 0.15) is 0 Å². The molecule has 0 saturated heterocycles. The predicted molar refractivity (Wildman–Crippen MR) is 74.3 cm³/mol. The van der Waals surface area contributed by atoms with Gasteiger partial charge in [-0.05, 0) is 19.3 Å². The van der Waals surface area contributed by atoms with Crippen LogP contribution in [-0.4, -0.2) is 33.5 Å². The molecule has 0 atom stereocenters. The van der Waals surface area contributed by atoms with Crippen molar-refractivity contribution in [2.75, 3.05) is 6.54 Å². The minimum absolute atomic E-state index is 0.513. The van der Waals surface area contributed by atoms with Crippen molar-refractivity contribution in [1.29, 1.82) is 0 Å². The highest BCUT2D eigenvalue weighted by atomic mass is 15.4. The molecule has 106 valence electrons. The van der Waals surface area contributed by atoms with Crippen molar-refractivity contribution in [3.8, 4) is 0 Å². The van der Waals surface area contributed by atoms with Crippen molar-refractivity contribution in [1.82, 2.24) is 25.7 Å². The first-order valence-corrected chi connectivity index (χ1v) is 7.00. The predicted octanol–water partition coefficient (Wildman–Crippen LogP) is 0.410. The van der Waals surface area contributed by atoms with Gasteiger partial charge in [-0.15, -0.1) is 5.10 Å². The van der Waals surface area contributed by atoms with Gasteiger partial charge in [-0.25, -0.2) is 5.84 Å². The maximum absolute atomic E-state index is 5.50. The molecule has 0 spiro atoms. The Bertz CT molecular complexity index is 367. The molecule has 0 bridgehead atoms. The smallest absolute Gasteiger partial charge is 0.205 e. The van der Waals surface area contributed by atoms with Gasteiger partial charge in [0.15, 0.2) is 0 Å². The molecule has 1 heterocycles. The number of hydrogen-bond donors (Lipinski definition) is 3. The first kappa shape index (κ1) is 13.8. The Balaban J connectivity index is 1.68. The van der Waals surface area contributed by atoms with E-state index in [-0.39, 0.29) is 0 Å². The summed E-state index contributed by atoms with van der Waals surface area (Å²) < 4.78 is 1.81. The summed E-state index contributed by atoms with van der Waals surface area (Å²) in [6.07, 6.45) is 10.8. The Kier molecular flexibility index (Phi) is 5.61.